The number of nitrogens with zero attached hydrogens (tertiary/aromatic N) is 2. The quantitative estimate of drug-likeness (QED) is 0.789. The number of ether oxygens (including phenoxy) is 1. The molecule has 2 aliphatic rings. The normalized spacial score (nSPS) is 26.9. The van der Waals surface area contributed by atoms with Gasteiger partial charge in [-0.2, -0.15) is 13.2 Å². The number of alkyl halides is 3. The number of rotatable bonds is 1. The molecule has 0 radical (unpaired) electrons. The van der Waals surface area contributed by atoms with Gasteiger partial charge in [0.15, 0.2) is 0 Å². The molecular formula is C14H15F3N2O2S. The van der Waals surface area contributed by atoms with E-state index in [4.69, 9.17) is 4.74 Å². The molecule has 120 valence electrons. The Labute approximate surface area is 130 Å². The smallest absolute Gasteiger partial charge is 0.442 e. The van der Waals surface area contributed by atoms with Crippen LogP contribution in [0.2, 0.25) is 0 Å². The van der Waals surface area contributed by atoms with Gasteiger partial charge < -0.3 is 9.64 Å². The fourth-order valence-electron chi connectivity index (χ4n) is 3.53. The zero-order valence-corrected chi connectivity index (χ0v) is 12.9. The molecule has 0 unspecified atom stereocenters. The molecule has 3 rings (SSSR count). The summed E-state index contributed by atoms with van der Waals surface area (Å²) >= 11 is -0.0306. The minimum Gasteiger partial charge on any atom is -0.453 e. The van der Waals surface area contributed by atoms with E-state index in [-0.39, 0.29) is 24.7 Å². The first-order valence-electron chi connectivity index (χ1n) is 6.74. The second kappa shape index (κ2) is 4.97. The molecule has 0 aromatic heterocycles. The highest BCUT2D eigenvalue weighted by Gasteiger charge is 2.62. The molecule has 1 fully saturated rings. The van der Waals surface area contributed by atoms with Gasteiger partial charge in [0.05, 0.1) is 11.9 Å². The number of methoxy groups -OCH3 is 1. The number of fused-ring (bicyclic) bond motifs is 3. The number of thioether (sulfide) groups is 1. The average Bonchev–Trinajstić information content (AvgIpc) is 2.93. The Kier molecular flexibility index (Phi) is 3.47. The number of amides is 1. The van der Waals surface area contributed by atoms with Crippen molar-refractivity contribution in [1.82, 2.24) is 4.90 Å². The monoisotopic (exact) mass is 332 g/mol. The molecule has 1 saturated heterocycles. The number of carbonyl (C=O) groups is 1. The van der Waals surface area contributed by atoms with E-state index in [0.29, 0.717) is 5.56 Å². The standard InChI is InChI=1S/C14H15F3N2O2S/c1-18-10-6-4-3-5-9(10)13(22-14(15,16)17)7-8-19(11(13)18)12(20)21-2/h3-6,11H,7-8H2,1-2H3/t11-,13+/m0/s1. The van der Waals surface area contributed by atoms with Crippen molar-refractivity contribution in [2.45, 2.75) is 22.8 Å². The van der Waals surface area contributed by atoms with Crippen molar-refractivity contribution in [2.24, 2.45) is 0 Å². The molecular weight excluding hydrogens is 317 g/mol. The molecule has 1 amide bonds. The molecule has 2 atom stereocenters. The Morgan fingerprint density at radius 2 is 2.09 bits per heavy atom. The molecule has 1 aromatic carbocycles. The third-order valence-electron chi connectivity index (χ3n) is 4.25. The van der Waals surface area contributed by atoms with E-state index < -0.39 is 22.5 Å². The molecule has 8 heteroatoms. The summed E-state index contributed by atoms with van der Waals surface area (Å²) in [6, 6.07) is 7.01. The van der Waals surface area contributed by atoms with Crippen LogP contribution in [-0.4, -0.2) is 43.4 Å². The fourth-order valence-corrected chi connectivity index (χ4v) is 4.81. The number of carbonyl (C=O) groups excluding carboxylic acids is 1. The summed E-state index contributed by atoms with van der Waals surface area (Å²) in [5.41, 5.74) is -3.04. The maximum absolute atomic E-state index is 13.2. The topological polar surface area (TPSA) is 32.8 Å². The third-order valence-corrected chi connectivity index (χ3v) is 5.48. The Hall–Kier alpha value is -1.57. The average molecular weight is 332 g/mol. The van der Waals surface area contributed by atoms with Crippen molar-refractivity contribution in [3.05, 3.63) is 29.8 Å². The molecule has 4 nitrogen and oxygen atoms in total. The van der Waals surface area contributed by atoms with E-state index in [1.165, 1.54) is 12.0 Å². The van der Waals surface area contributed by atoms with E-state index >= 15 is 0 Å². The van der Waals surface area contributed by atoms with Crippen molar-refractivity contribution in [2.75, 3.05) is 25.6 Å². The molecule has 2 heterocycles. The highest BCUT2D eigenvalue weighted by Crippen LogP contribution is 2.61. The maximum atomic E-state index is 13.2. The Bertz CT molecular complexity index is 610. The minimum absolute atomic E-state index is 0.0306. The second-order valence-electron chi connectivity index (χ2n) is 5.35. The van der Waals surface area contributed by atoms with Crippen LogP contribution >= 0.6 is 11.8 Å². The summed E-state index contributed by atoms with van der Waals surface area (Å²) in [6.07, 6.45) is -1.07. The van der Waals surface area contributed by atoms with Gasteiger partial charge in [0.2, 0.25) is 0 Å². The summed E-state index contributed by atoms with van der Waals surface area (Å²) in [4.78, 5) is 15.1. The molecule has 1 aromatic rings. The number of hydrogen-bond donors (Lipinski definition) is 0. The number of likely N-dealkylation sites (tertiary alicyclic amines) is 1. The molecule has 22 heavy (non-hydrogen) atoms. The molecule has 2 aliphatic heterocycles. The summed E-state index contributed by atoms with van der Waals surface area (Å²) in [5.74, 6) is 0. The lowest BCUT2D eigenvalue weighted by molar-refractivity contribution is -0.0347. The summed E-state index contributed by atoms with van der Waals surface area (Å²) in [6.45, 7) is 0.235. The number of halogens is 3. The van der Waals surface area contributed by atoms with E-state index in [0.717, 1.165) is 5.69 Å². The fraction of sp³-hybridized carbons (Fsp3) is 0.500. The van der Waals surface area contributed by atoms with E-state index in [1.54, 1.807) is 36.2 Å². The van der Waals surface area contributed by atoms with E-state index in [2.05, 4.69) is 0 Å². The highest BCUT2D eigenvalue weighted by atomic mass is 32.2. The van der Waals surface area contributed by atoms with Gasteiger partial charge in [-0.1, -0.05) is 18.2 Å². The first-order chi connectivity index (χ1) is 10.3. The van der Waals surface area contributed by atoms with Gasteiger partial charge in [-0.15, -0.1) is 0 Å². The lowest BCUT2D eigenvalue weighted by atomic mass is 9.97. The third kappa shape index (κ3) is 2.12. The van der Waals surface area contributed by atoms with Gasteiger partial charge >= 0.3 is 11.6 Å². The number of para-hydroxylation sites is 1. The Morgan fingerprint density at radius 3 is 2.73 bits per heavy atom. The first kappa shape index (κ1) is 15.3. The van der Waals surface area contributed by atoms with Gasteiger partial charge in [0, 0.05) is 19.3 Å². The second-order valence-corrected chi connectivity index (χ2v) is 6.75. The Balaban J connectivity index is 2.11. The van der Waals surface area contributed by atoms with Crippen LogP contribution in [0.25, 0.3) is 0 Å². The van der Waals surface area contributed by atoms with E-state index in [9.17, 15) is 18.0 Å². The first-order valence-corrected chi connectivity index (χ1v) is 7.55. The predicted molar refractivity (Wildman–Crippen MR) is 77.7 cm³/mol. The number of likely N-dealkylation sites (N-methyl/N-ethyl adjacent to an activating group) is 1. The summed E-state index contributed by atoms with van der Waals surface area (Å²) < 4.78 is 43.1. The minimum atomic E-state index is -4.39. The summed E-state index contributed by atoms with van der Waals surface area (Å²) in [5, 5.41) is 0. The van der Waals surface area contributed by atoms with Crippen LogP contribution in [0.15, 0.2) is 24.3 Å². The lowest BCUT2D eigenvalue weighted by Gasteiger charge is -2.35. The lowest BCUT2D eigenvalue weighted by Crippen LogP contribution is -2.50. The molecule has 0 bridgehead atoms. The van der Waals surface area contributed by atoms with Crippen molar-refractivity contribution in [1.29, 1.82) is 0 Å². The van der Waals surface area contributed by atoms with Crippen molar-refractivity contribution < 1.29 is 22.7 Å². The molecule has 0 aliphatic carbocycles. The zero-order valence-electron chi connectivity index (χ0n) is 12.1. The van der Waals surface area contributed by atoms with Gasteiger partial charge in [0.25, 0.3) is 0 Å². The zero-order chi connectivity index (χ0) is 16.1. The molecule has 0 N–H and O–H groups in total. The number of benzene rings is 1. The van der Waals surface area contributed by atoms with Gasteiger partial charge in [-0.25, -0.2) is 4.79 Å². The van der Waals surface area contributed by atoms with Crippen LogP contribution < -0.4 is 4.90 Å². The van der Waals surface area contributed by atoms with Crippen LogP contribution in [0.1, 0.15) is 12.0 Å². The maximum Gasteiger partial charge on any atom is 0.442 e. The van der Waals surface area contributed by atoms with E-state index in [1.807, 2.05) is 0 Å². The Morgan fingerprint density at radius 1 is 1.41 bits per heavy atom. The number of anilines is 1. The van der Waals surface area contributed by atoms with Crippen LogP contribution in [0.3, 0.4) is 0 Å². The highest BCUT2D eigenvalue weighted by molar-refractivity contribution is 8.01. The van der Waals surface area contributed by atoms with Gasteiger partial charge in [-0.3, -0.25) is 4.90 Å². The van der Waals surface area contributed by atoms with Crippen LogP contribution in [0.4, 0.5) is 23.7 Å². The van der Waals surface area contributed by atoms with Crippen molar-refractivity contribution >= 4 is 23.5 Å². The van der Waals surface area contributed by atoms with Crippen LogP contribution in [0, 0.1) is 0 Å². The predicted octanol–water partition coefficient (Wildman–Crippen LogP) is 3.38. The van der Waals surface area contributed by atoms with Crippen LogP contribution in [-0.2, 0) is 9.48 Å². The summed E-state index contributed by atoms with van der Waals surface area (Å²) in [7, 11) is 2.95. The number of hydrogen-bond acceptors (Lipinski definition) is 4. The van der Waals surface area contributed by atoms with Crippen molar-refractivity contribution in [3.63, 3.8) is 0 Å². The van der Waals surface area contributed by atoms with Gasteiger partial charge in [-0.05, 0) is 29.8 Å². The van der Waals surface area contributed by atoms with Crippen molar-refractivity contribution in [3.8, 4) is 0 Å². The van der Waals surface area contributed by atoms with Crippen LogP contribution in [0.5, 0.6) is 0 Å². The largest absolute Gasteiger partial charge is 0.453 e. The molecule has 0 saturated carbocycles. The van der Waals surface area contributed by atoms with Gasteiger partial charge in [0.1, 0.15) is 6.17 Å². The SMILES string of the molecule is COC(=O)N1CC[C@@]2(SC(F)(F)F)c3ccccc3N(C)[C@@H]12. The molecule has 0 spiro atoms.